The van der Waals surface area contributed by atoms with E-state index in [1.807, 2.05) is 0 Å². The minimum absolute atomic E-state index is 0.0137. The summed E-state index contributed by atoms with van der Waals surface area (Å²) in [5, 5.41) is 0. The van der Waals surface area contributed by atoms with E-state index in [0.29, 0.717) is 17.2 Å². The van der Waals surface area contributed by atoms with Crippen LogP contribution < -0.4 is 9.47 Å². The third-order valence-corrected chi connectivity index (χ3v) is 6.36. The molecule has 27 heavy (non-hydrogen) atoms. The van der Waals surface area contributed by atoms with Gasteiger partial charge in [0, 0.05) is 17.4 Å². The Labute approximate surface area is 161 Å². The number of carbonyl (C=O) groups excluding carboxylic acids is 1. The Kier molecular flexibility index (Phi) is 4.69. The lowest BCUT2D eigenvalue weighted by molar-refractivity contribution is -0.00371. The second-order valence-corrected chi connectivity index (χ2v) is 8.69. The highest BCUT2D eigenvalue weighted by atomic mass is 16.7. The van der Waals surface area contributed by atoms with Crippen molar-refractivity contribution in [1.82, 2.24) is 0 Å². The predicted molar refractivity (Wildman–Crippen MR) is 105 cm³/mol. The van der Waals surface area contributed by atoms with E-state index < -0.39 is 0 Å². The van der Waals surface area contributed by atoms with Crippen molar-refractivity contribution in [3.05, 3.63) is 34.4 Å². The molecule has 3 aliphatic rings. The normalized spacial score (nSPS) is 25.2. The molecule has 0 radical (unpaired) electrons. The maximum absolute atomic E-state index is 12.6. The molecule has 0 amide bonds. The van der Waals surface area contributed by atoms with Crippen LogP contribution in [0.25, 0.3) is 0 Å². The quantitative estimate of drug-likeness (QED) is 0.397. The van der Waals surface area contributed by atoms with Gasteiger partial charge in [-0.05, 0) is 58.1 Å². The smallest absolute Gasteiger partial charge is 0.345 e. The third kappa shape index (κ3) is 3.13. The molecule has 0 fully saturated rings. The summed E-state index contributed by atoms with van der Waals surface area (Å²) >= 11 is 0. The first kappa shape index (κ1) is 18.4. The molecule has 0 unspecified atom stereocenters. The van der Waals surface area contributed by atoms with Gasteiger partial charge in [0.2, 0.25) is 6.79 Å². The molecule has 2 heterocycles. The van der Waals surface area contributed by atoms with E-state index in [2.05, 4.69) is 39.8 Å². The van der Waals surface area contributed by atoms with Crippen LogP contribution in [0.1, 0.15) is 87.2 Å². The van der Waals surface area contributed by atoms with Gasteiger partial charge in [0.05, 0.1) is 0 Å². The Bertz CT molecular complexity index is 790. The number of ether oxygens (including phenoxy) is 3. The minimum Gasteiger partial charge on any atom is -0.487 e. The van der Waals surface area contributed by atoms with Crippen LogP contribution in [0.15, 0.2) is 17.7 Å². The number of carbonyl (C=O) groups is 1. The summed E-state index contributed by atoms with van der Waals surface area (Å²) in [4.78, 5) is 12.6. The molecule has 1 aliphatic carbocycles. The van der Waals surface area contributed by atoms with E-state index in [-0.39, 0.29) is 24.3 Å². The zero-order valence-electron chi connectivity index (χ0n) is 16.9. The van der Waals surface area contributed by atoms with Crippen LogP contribution in [0.4, 0.5) is 0 Å². The number of esters is 1. The number of aryl methyl sites for hydroxylation is 1. The molecular formula is C23H30O4. The van der Waals surface area contributed by atoms with Crippen molar-refractivity contribution in [3.8, 4) is 11.5 Å². The topological polar surface area (TPSA) is 44.8 Å². The summed E-state index contributed by atoms with van der Waals surface area (Å²) in [5.41, 5.74) is 3.82. The number of rotatable bonds is 4. The second-order valence-electron chi connectivity index (χ2n) is 8.69. The average Bonchev–Trinajstić information content (AvgIpc) is 2.60. The van der Waals surface area contributed by atoms with Crippen molar-refractivity contribution in [2.75, 3.05) is 6.79 Å². The molecule has 4 heteroatoms. The van der Waals surface area contributed by atoms with Crippen LogP contribution in [-0.4, -0.2) is 18.4 Å². The fraction of sp³-hybridized carbons (Fsp3) is 0.609. The van der Waals surface area contributed by atoms with Crippen LogP contribution in [0.2, 0.25) is 0 Å². The van der Waals surface area contributed by atoms with Crippen LogP contribution in [0, 0.1) is 5.92 Å². The van der Waals surface area contributed by atoms with Crippen molar-refractivity contribution < 1.29 is 19.0 Å². The monoisotopic (exact) mass is 370 g/mol. The minimum atomic E-state index is -0.261. The van der Waals surface area contributed by atoms with E-state index in [1.54, 1.807) is 0 Å². The van der Waals surface area contributed by atoms with Crippen LogP contribution in [0.5, 0.6) is 11.5 Å². The number of allylic oxidation sites excluding steroid dienone is 2. The molecule has 2 aliphatic heterocycles. The number of hydrogen-bond donors (Lipinski definition) is 0. The van der Waals surface area contributed by atoms with E-state index in [1.165, 1.54) is 5.57 Å². The summed E-state index contributed by atoms with van der Waals surface area (Å²) in [7, 11) is 0. The van der Waals surface area contributed by atoms with Crippen molar-refractivity contribution in [3.63, 3.8) is 0 Å². The molecule has 0 spiro atoms. The van der Waals surface area contributed by atoms with E-state index >= 15 is 0 Å². The standard InChI is InChI=1S/C23H30O4/c1-5-6-7-8-15-12-18-20(21-19(15)22(24)26-13-25-21)16-11-14(2)9-10-17(16)23(3,4)27-18/h11-12,16-17H,5-10,13H2,1-4H3/t16-,17-/m1/s1. The molecule has 146 valence electrons. The maximum Gasteiger partial charge on any atom is 0.345 e. The van der Waals surface area contributed by atoms with E-state index in [9.17, 15) is 4.79 Å². The Morgan fingerprint density at radius 1 is 1.22 bits per heavy atom. The van der Waals surface area contributed by atoms with Gasteiger partial charge in [-0.1, -0.05) is 31.4 Å². The molecule has 0 aromatic heterocycles. The average molecular weight is 370 g/mol. The molecule has 4 nitrogen and oxygen atoms in total. The first-order chi connectivity index (χ1) is 12.9. The van der Waals surface area contributed by atoms with E-state index in [4.69, 9.17) is 14.2 Å². The van der Waals surface area contributed by atoms with Gasteiger partial charge < -0.3 is 14.2 Å². The Balaban J connectivity index is 1.88. The fourth-order valence-electron chi connectivity index (χ4n) is 4.94. The van der Waals surface area contributed by atoms with Gasteiger partial charge in [-0.25, -0.2) is 4.79 Å². The van der Waals surface area contributed by atoms with Gasteiger partial charge in [0.25, 0.3) is 0 Å². The zero-order chi connectivity index (χ0) is 19.2. The molecule has 4 rings (SSSR count). The summed E-state index contributed by atoms with van der Waals surface area (Å²) in [5.74, 6) is 1.93. The first-order valence-corrected chi connectivity index (χ1v) is 10.3. The lowest BCUT2D eigenvalue weighted by atomic mass is 9.67. The Morgan fingerprint density at radius 2 is 2.04 bits per heavy atom. The highest BCUT2D eigenvalue weighted by Crippen LogP contribution is 2.55. The summed E-state index contributed by atoms with van der Waals surface area (Å²) < 4.78 is 17.7. The van der Waals surface area contributed by atoms with Crippen molar-refractivity contribution >= 4 is 5.97 Å². The summed E-state index contributed by atoms with van der Waals surface area (Å²) in [6, 6.07) is 2.08. The number of benzene rings is 1. The van der Waals surface area contributed by atoms with Gasteiger partial charge >= 0.3 is 5.97 Å². The molecular weight excluding hydrogens is 340 g/mol. The summed E-state index contributed by atoms with van der Waals surface area (Å²) in [6.07, 6.45) is 8.72. The van der Waals surface area contributed by atoms with Crippen molar-refractivity contribution in [2.24, 2.45) is 5.92 Å². The van der Waals surface area contributed by atoms with E-state index in [0.717, 1.165) is 55.4 Å². The van der Waals surface area contributed by atoms with Crippen LogP contribution >= 0.6 is 0 Å². The van der Waals surface area contributed by atoms with Gasteiger partial charge in [-0.15, -0.1) is 0 Å². The number of hydrogen-bond acceptors (Lipinski definition) is 4. The molecule has 1 aromatic rings. The number of unbranched alkanes of at least 4 members (excludes halogenated alkanes) is 2. The third-order valence-electron chi connectivity index (χ3n) is 6.36. The second kappa shape index (κ2) is 6.88. The molecule has 0 bridgehead atoms. The zero-order valence-corrected chi connectivity index (χ0v) is 16.9. The van der Waals surface area contributed by atoms with Crippen LogP contribution in [-0.2, 0) is 11.2 Å². The number of fused-ring (bicyclic) bond motifs is 5. The molecule has 2 atom stereocenters. The molecule has 1 aromatic carbocycles. The SMILES string of the molecule is CCCCCc1cc2c(c3c1C(=O)OCO3)[C@@H]1C=C(C)CC[C@H]1C(C)(C)O2. The maximum atomic E-state index is 12.6. The largest absolute Gasteiger partial charge is 0.487 e. The lowest BCUT2D eigenvalue weighted by Gasteiger charge is -2.47. The Hall–Kier alpha value is -1.97. The molecule has 0 N–H and O–H groups in total. The van der Waals surface area contributed by atoms with Gasteiger partial charge in [0.1, 0.15) is 22.7 Å². The van der Waals surface area contributed by atoms with Crippen LogP contribution in [0.3, 0.4) is 0 Å². The fourth-order valence-corrected chi connectivity index (χ4v) is 4.94. The molecule has 0 saturated heterocycles. The van der Waals surface area contributed by atoms with Gasteiger partial charge in [0.15, 0.2) is 0 Å². The summed E-state index contributed by atoms with van der Waals surface area (Å²) in [6.45, 7) is 8.74. The Morgan fingerprint density at radius 3 is 2.81 bits per heavy atom. The lowest BCUT2D eigenvalue weighted by Crippen LogP contribution is -2.45. The van der Waals surface area contributed by atoms with Crippen molar-refractivity contribution in [2.45, 2.75) is 77.7 Å². The van der Waals surface area contributed by atoms with Crippen molar-refractivity contribution in [1.29, 1.82) is 0 Å². The predicted octanol–water partition coefficient (Wildman–Crippen LogP) is 5.54. The number of cyclic esters (lactones) is 1. The highest BCUT2D eigenvalue weighted by molar-refractivity contribution is 5.96. The van der Waals surface area contributed by atoms with Gasteiger partial charge in [-0.2, -0.15) is 0 Å². The highest BCUT2D eigenvalue weighted by Gasteiger charge is 2.47. The van der Waals surface area contributed by atoms with Gasteiger partial charge in [-0.3, -0.25) is 0 Å². The first-order valence-electron chi connectivity index (χ1n) is 10.3. The molecule has 0 saturated carbocycles.